The number of halogens is 1. The van der Waals surface area contributed by atoms with E-state index < -0.39 is 16.0 Å². The van der Waals surface area contributed by atoms with Gasteiger partial charge in [0.05, 0.1) is 10.5 Å². The van der Waals surface area contributed by atoms with Crippen molar-refractivity contribution < 1.29 is 18.3 Å². The molecular formula is C13H14BrNO4S. The molecule has 1 aromatic rings. The smallest absolute Gasteiger partial charge is 0.336 e. The van der Waals surface area contributed by atoms with Crippen molar-refractivity contribution in [2.45, 2.75) is 30.2 Å². The van der Waals surface area contributed by atoms with Crippen LogP contribution in [-0.4, -0.2) is 36.4 Å². The van der Waals surface area contributed by atoms with E-state index in [2.05, 4.69) is 15.9 Å². The van der Waals surface area contributed by atoms with E-state index in [0.717, 1.165) is 19.3 Å². The molecule has 0 radical (unpaired) electrons. The van der Waals surface area contributed by atoms with E-state index in [0.29, 0.717) is 16.9 Å². The molecule has 1 saturated heterocycles. The summed E-state index contributed by atoms with van der Waals surface area (Å²) >= 11 is 3.12. The number of piperidine rings is 1. The van der Waals surface area contributed by atoms with E-state index in [1.807, 2.05) is 0 Å². The van der Waals surface area contributed by atoms with Crippen molar-refractivity contribution in [3.8, 4) is 0 Å². The van der Waals surface area contributed by atoms with E-state index in [4.69, 9.17) is 5.11 Å². The highest BCUT2D eigenvalue weighted by atomic mass is 79.9. The van der Waals surface area contributed by atoms with Crippen LogP contribution in [0.1, 0.15) is 29.6 Å². The highest BCUT2D eigenvalue weighted by Crippen LogP contribution is 2.40. The maximum absolute atomic E-state index is 12.6. The van der Waals surface area contributed by atoms with Gasteiger partial charge in [0.1, 0.15) is 0 Å². The van der Waals surface area contributed by atoms with Gasteiger partial charge in [-0.2, -0.15) is 4.31 Å². The quantitative estimate of drug-likeness (QED) is 0.898. The van der Waals surface area contributed by atoms with Crippen LogP contribution in [0.5, 0.6) is 0 Å². The third kappa shape index (κ3) is 2.17. The molecule has 1 N–H and O–H groups in total. The first-order valence-electron chi connectivity index (χ1n) is 6.44. The van der Waals surface area contributed by atoms with E-state index in [-0.39, 0.29) is 16.5 Å². The summed E-state index contributed by atoms with van der Waals surface area (Å²) in [7, 11) is -3.59. The second-order valence-corrected chi connectivity index (χ2v) is 8.10. The monoisotopic (exact) mass is 359 g/mol. The Balaban J connectivity index is 2.00. The molecule has 1 aliphatic carbocycles. The number of nitrogens with zero attached hydrogens (tertiary/aromatic N) is 1. The Hall–Kier alpha value is -0.920. The van der Waals surface area contributed by atoms with E-state index in [1.54, 1.807) is 0 Å². The Morgan fingerprint density at radius 3 is 2.65 bits per heavy atom. The van der Waals surface area contributed by atoms with Crippen LogP contribution in [0.15, 0.2) is 27.6 Å². The molecule has 20 heavy (non-hydrogen) atoms. The molecule has 1 heterocycles. The predicted molar refractivity (Wildman–Crippen MR) is 76.1 cm³/mol. The molecule has 0 amide bonds. The lowest BCUT2D eigenvalue weighted by Gasteiger charge is -2.26. The number of fused-ring (bicyclic) bond motifs is 2. The number of rotatable bonds is 3. The lowest BCUT2D eigenvalue weighted by molar-refractivity contribution is 0.0695. The summed E-state index contributed by atoms with van der Waals surface area (Å²) in [6, 6.07) is 4.25. The maximum Gasteiger partial charge on any atom is 0.336 e. The number of carboxylic acids is 1. The molecule has 0 aromatic heterocycles. The van der Waals surface area contributed by atoms with Gasteiger partial charge in [0.25, 0.3) is 0 Å². The molecule has 3 rings (SSSR count). The Kier molecular flexibility index (Phi) is 3.38. The fraction of sp³-hybridized carbons (Fsp3) is 0.462. The van der Waals surface area contributed by atoms with Crippen LogP contribution in [0.3, 0.4) is 0 Å². The molecule has 1 saturated carbocycles. The summed E-state index contributed by atoms with van der Waals surface area (Å²) in [6.45, 7) is 0.561. The SMILES string of the molecule is O=C(O)c1cc(S(=O)(=O)N2CC3CCC2C3)ccc1Br. The predicted octanol–water partition coefficient (Wildman–Crippen LogP) is 2.32. The van der Waals surface area contributed by atoms with Gasteiger partial charge in [-0.1, -0.05) is 0 Å². The molecular weight excluding hydrogens is 346 g/mol. The van der Waals surface area contributed by atoms with Crippen LogP contribution in [0.2, 0.25) is 0 Å². The minimum absolute atomic E-state index is 0.0320. The van der Waals surface area contributed by atoms with Crippen molar-refractivity contribution in [2.75, 3.05) is 6.54 Å². The van der Waals surface area contributed by atoms with Crippen molar-refractivity contribution >= 4 is 31.9 Å². The molecule has 2 bridgehead atoms. The fourth-order valence-corrected chi connectivity index (χ4v) is 5.32. The largest absolute Gasteiger partial charge is 0.478 e. The second-order valence-electron chi connectivity index (χ2n) is 5.35. The van der Waals surface area contributed by atoms with E-state index in [1.165, 1.54) is 22.5 Å². The molecule has 0 spiro atoms. The van der Waals surface area contributed by atoms with Crippen LogP contribution >= 0.6 is 15.9 Å². The number of aromatic carboxylic acids is 1. The average molecular weight is 360 g/mol. The van der Waals surface area contributed by atoms with Crippen molar-refractivity contribution in [3.05, 3.63) is 28.2 Å². The van der Waals surface area contributed by atoms with Gasteiger partial charge in [-0.3, -0.25) is 0 Å². The van der Waals surface area contributed by atoms with Crippen LogP contribution < -0.4 is 0 Å². The van der Waals surface area contributed by atoms with Crippen LogP contribution in [0.4, 0.5) is 0 Å². The Bertz CT molecular complexity index is 673. The summed E-state index contributed by atoms with van der Waals surface area (Å²) in [5.41, 5.74) is -0.0320. The summed E-state index contributed by atoms with van der Waals surface area (Å²) in [6.07, 6.45) is 2.94. The van der Waals surface area contributed by atoms with Gasteiger partial charge in [0, 0.05) is 17.1 Å². The topological polar surface area (TPSA) is 74.7 Å². The summed E-state index contributed by atoms with van der Waals surface area (Å²) in [5, 5.41) is 9.09. The molecule has 7 heteroatoms. The van der Waals surface area contributed by atoms with Gasteiger partial charge < -0.3 is 5.11 Å². The van der Waals surface area contributed by atoms with Gasteiger partial charge in [0.15, 0.2) is 0 Å². The second kappa shape index (κ2) is 4.82. The maximum atomic E-state index is 12.6. The van der Waals surface area contributed by atoms with E-state index >= 15 is 0 Å². The highest BCUT2D eigenvalue weighted by Gasteiger charge is 2.44. The molecule has 2 aliphatic rings. The molecule has 5 nitrogen and oxygen atoms in total. The molecule has 2 unspecified atom stereocenters. The van der Waals surface area contributed by atoms with Gasteiger partial charge in [-0.15, -0.1) is 0 Å². The Morgan fingerprint density at radius 1 is 1.35 bits per heavy atom. The zero-order valence-electron chi connectivity index (χ0n) is 10.6. The number of hydrogen-bond acceptors (Lipinski definition) is 3. The third-order valence-electron chi connectivity index (χ3n) is 4.13. The summed E-state index contributed by atoms with van der Waals surface area (Å²) < 4.78 is 27.2. The number of carbonyl (C=O) groups is 1. The molecule has 108 valence electrons. The van der Waals surface area contributed by atoms with Crippen LogP contribution in [0.25, 0.3) is 0 Å². The highest BCUT2D eigenvalue weighted by molar-refractivity contribution is 9.10. The van der Waals surface area contributed by atoms with Crippen molar-refractivity contribution in [1.29, 1.82) is 0 Å². The Morgan fingerprint density at radius 2 is 2.10 bits per heavy atom. The van der Waals surface area contributed by atoms with Crippen LogP contribution in [-0.2, 0) is 10.0 Å². The molecule has 1 aromatic carbocycles. The van der Waals surface area contributed by atoms with E-state index in [9.17, 15) is 13.2 Å². The van der Waals surface area contributed by atoms with Gasteiger partial charge in [-0.05, 0) is 59.3 Å². The number of sulfonamides is 1. The first-order chi connectivity index (χ1) is 9.39. The van der Waals surface area contributed by atoms with Crippen molar-refractivity contribution in [3.63, 3.8) is 0 Å². The first kappa shape index (κ1) is 14.0. The molecule has 1 aliphatic heterocycles. The number of hydrogen-bond donors (Lipinski definition) is 1. The molecule has 2 fully saturated rings. The minimum atomic E-state index is -3.59. The number of carboxylic acid groups (broad SMARTS) is 1. The lowest BCUT2D eigenvalue weighted by Crippen LogP contribution is -2.37. The zero-order chi connectivity index (χ0) is 14.5. The fourth-order valence-electron chi connectivity index (χ4n) is 3.14. The van der Waals surface area contributed by atoms with Gasteiger partial charge in [-0.25, -0.2) is 13.2 Å². The molecule has 2 atom stereocenters. The van der Waals surface area contributed by atoms with Gasteiger partial charge in [0.2, 0.25) is 10.0 Å². The normalized spacial score (nSPS) is 26.1. The first-order valence-corrected chi connectivity index (χ1v) is 8.67. The van der Waals surface area contributed by atoms with Gasteiger partial charge >= 0.3 is 5.97 Å². The lowest BCUT2D eigenvalue weighted by atomic mass is 10.1. The summed E-state index contributed by atoms with van der Waals surface area (Å²) in [4.78, 5) is 11.2. The summed E-state index contributed by atoms with van der Waals surface area (Å²) in [5.74, 6) is -0.680. The van der Waals surface area contributed by atoms with Crippen molar-refractivity contribution in [1.82, 2.24) is 4.31 Å². The van der Waals surface area contributed by atoms with Crippen LogP contribution in [0, 0.1) is 5.92 Å². The minimum Gasteiger partial charge on any atom is -0.478 e. The van der Waals surface area contributed by atoms with Crippen molar-refractivity contribution in [2.24, 2.45) is 5.92 Å². The average Bonchev–Trinajstić information content (AvgIpc) is 3.01. The standard InChI is InChI=1S/C13H14BrNO4S/c14-12-4-3-10(6-11(12)13(16)17)20(18,19)15-7-8-1-2-9(15)5-8/h3-4,6,8-9H,1-2,5,7H2,(H,16,17). The zero-order valence-corrected chi connectivity index (χ0v) is 13.0. The Labute approximate surface area is 125 Å². The third-order valence-corrected chi connectivity index (χ3v) is 6.74. The number of benzene rings is 1.